The molecule has 0 heterocycles. The number of amides is 1. The van der Waals surface area contributed by atoms with Crippen LogP contribution < -0.4 is 4.90 Å². The van der Waals surface area contributed by atoms with E-state index in [-0.39, 0.29) is 23.4 Å². The van der Waals surface area contributed by atoms with Crippen LogP contribution in [0.5, 0.6) is 11.5 Å². The van der Waals surface area contributed by atoms with Crippen LogP contribution in [0.4, 0.5) is 5.69 Å². The van der Waals surface area contributed by atoms with E-state index < -0.39 is 0 Å². The highest BCUT2D eigenvalue weighted by Gasteiger charge is 2.27. The maximum Gasteiger partial charge on any atom is 0.258 e. The molecule has 2 aromatic carbocycles. The van der Waals surface area contributed by atoms with Gasteiger partial charge < -0.3 is 15.1 Å². The van der Waals surface area contributed by atoms with Gasteiger partial charge >= 0.3 is 0 Å². The lowest BCUT2D eigenvalue weighted by Gasteiger charge is -2.34. The first-order chi connectivity index (χ1) is 11.1. The van der Waals surface area contributed by atoms with Gasteiger partial charge in [0.2, 0.25) is 0 Å². The standard InChI is InChI=1S/C19H21NO3/c21-17-10-6-14(7-11-17)19(23)20(15-4-2-1-3-5-15)16-8-12-18(22)13-9-16/h6-13,15,21-22H,1-5H2. The zero-order chi connectivity index (χ0) is 16.2. The molecule has 1 amide bonds. The van der Waals surface area contributed by atoms with Gasteiger partial charge in [-0.2, -0.15) is 0 Å². The Bertz CT molecular complexity index is 658. The van der Waals surface area contributed by atoms with Crippen molar-refractivity contribution in [2.45, 2.75) is 38.1 Å². The summed E-state index contributed by atoms with van der Waals surface area (Å²) >= 11 is 0. The minimum Gasteiger partial charge on any atom is -0.508 e. The molecule has 1 fully saturated rings. The first-order valence-corrected chi connectivity index (χ1v) is 8.07. The van der Waals surface area contributed by atoms with Crippen LogP contribution in [0.15, 0.2) is 48.5 Å². The first kappa shape index (κ1) is 15.4. The number of aromatic hydroxyl groups is 2. The molecule has 0 saturated heterocycles. The summed E-state index contributed by atoms with van der Waals surface area (Å²) in [5.41, 5.74) is 1.36. The molecule has 4 nitrogen and oxygen atoms in total. The number of carbonyl (C=O) groups is 1. The normalized spacial score (nSPS) is 15.3. The van der Waals surface area contributed by atoms with Gasteiger partial charge in [0.1, 0.15) is 11.5 Å². The molecule has 23 heavy (non-hydrogen) atoms. The summed E-state index contributed by atoms with van der Waals surface area (Å²) in [6.45, 7) is 0. The predicted octanol–water partition coefficient (Wildman–Crippen LogP) is 4.08. The molecule has 3 rings (SSSR count). The summed E-state index contributed by atoms with van der Waals surface area (Å²) in [5, 5.41) is 18.9. The van der Waals surface area contributed by atoms with Crippen LogP contribution in [0.1, 0.15) is 42.5 Å². The number of hydrogen-bond donors (Lipinski definition) is 2. The highest BCUT2D eigenvalue weighted by molar-refractivity contribution is 6.06. The van der Waals surface area contributed by atoms with Crippen LogP contribution >= 0.6 is 0 Å². The molecule has 4 heteroatoms. The van der Waals surface area contributed by atoms with Gasteiger partial charge in [0.15, 0.2) is 0 Å². The average molecular weight is 311 g/mol. The Labute approximate surface area is 136 Å². The second-order valence-electron chi connectivity index (χ2n) is 6.03. The zero-order valence-electron chi connectivity index (χ0n) is 13.0. The fraction of sp³-hybridized carbons (Fsp3) is 0.316. The van der Waals surface area contributed by atoms with Crippen LogP contribution in [0.2, 0.25) is 0 Å². The maximum atomic E-state index is 13.0. The quantitative estimate of drug-likeness (QED) is 0.898. The molecule has 0 radical (unpaired) electrons. The number of carbonyl (C=O) groups excluding carboxylic acids is 1. The molecule has 0 atom stereocenters. The molecule has 1 saturated carbocycles. The highest BCUT2D eigenvalue weighted by Crippen LogP contribution is 2.30. The van der Waals surface area contributed by atoms with Crippen LogP contribution in [0.25, 0.3) is 0 Å². The van der Waals surface area contributed by atoms with Gasteiger partial charge in [-0.1, -0.05) is 19.3 Å². The molecule has 0 unspecified atom stereocenters. The Kier molecular flexibility index (Phi) is 4.51. The van der Waals surface area contributed by atoms with Crippen LogP contribution in [0.3, 0.4) is 0 Å². The van der Waals surface area contributed by atoms with Gasteiger partial charge in [0, 0.05) is 17.3 Å². The van der Waals surface area contributed by atoms with E-state index in [0.29, 0.717) is 5.56 Å². The molecule has 0 bridgehead atoms. The van der Waals surface area contributed by atoms with Crippen molar-refractivity contribution in [3.05, 3.63) is 54.1 Å². The van der Waals surface area contributed by atoms with Crippen molar-refractivity contribution < 1.29 is 15.0 Å². The Morgan fingerprint density at radius 3 is 1.91 bits per heavy atom. The lowest BCUT2D eigenvalue weighted by molar-refractivity contribution is 0.0970. The van der Waals surface area contributed by atoms with Crippen molar-refractivity contribution in [3.63, 3.8) is 0 Å². The van der Waals surface area contributed by atoms with E-state index in [2.05, 4.69) is 0 Å². The van der Waals surface area contributed by atoms with Crippen molar-refractivity contribution in [3.8, 4) is 11.5 Å². The van der Waals surface area contributed by atoms with Crippen molar-refractivity contribution in [1.29, 1.82) is 0 Å². The van der Waals surface area contributed by atoms with E-state index in [1.165, 1.54) is 18.6 Å². The second-order valence-corrected chi connectivity index (χ2v) is 6.03. The van der Waals surface area contributed by atoms with Crippen LogP contribution in [0, 0.1) is 0 Å². The van der Waals surface area contributed by atoms with Crippen LogP contribution in [-0.4, -0.2) is 22.2 Å². The number of phenolic OH excluding ortho intramolecular Hbond substituents is 2. The topological polar surface area (TPSA) is 60.8 Å². The van der Waals surface area contributed by atoms with Crippen molar-refractivity contribution in [2.24, 2.45) is 0 Å². The van der Waals surface area contributed by atoms with Gasteiger partial charge in [-0.3, -0.25) is 4.79 Å². The summed E-state index contributed by atoms with van der Waals surface area (Å²) in [7, 11) is 0. The molecule has 2 aromatic rings. The molecule has 0 spiro atoms. The second kappa shape index (κ2) is 6.73. The number of rotatable bonds is 3. The third kappa shape index (κ3) is 3.47. The molecular formula is C19H21NO3. The third-order valence-corrected chi connectivity index (χ3v) is 4.40. The minimum absolute atomic E-state index is 0.0670. The fourth-order valence-electron chi connectivity index (χ4n) is 3.19. The van der Waals surface area contributed by atoms with Gasteiger partial charge in [0.05, 0.1) is 0 Å². The number of benzene rings is 2. The Balaban J connectivity index is 1.94. The van der Waals surface area contributed by atoms with Crippen molar-refractivity contribution in [2.75, 3.05) is 4.90 Å². The summed E-state index contributed by atoms with van der Waals surface area (Å²) in [4.78, 5) is 14.9. The summed E-state index contributed by atoms with van der Waals surface area (Å²) in [6.07, 6.45) is 5.45. The lowest BCUT2D eigenvalue weighted by Crippen LogP contribution is -2.41. The predicted molar refractivity (Wildman–Crippen MR) is 89.9 cm³/mol. The smallest absolute Gasteiger partial charge is 0.258 e. The average Bonchev–Trinajstić information content (AvgIpc) is 2.58. The number of hydrogen-bond acceptors (Lipinski definition) is 3. The summed E-state index contributed by atoms with van der Waals surface area (Å²) in [5.74, 6) is 0.271. The molecule has 0 aromatic heterocycles. The molecule has 1 aliphatic rings. The van der Waals surface area contributed by atoms with Crippen molar-refractivity contribution in [1.82, 2.24) is 0 Å². The van der Waals surface area contributed by atoms with Gasteiger partial charge in [-0.25, -0.2) is 0 Å². The minimum atomic E-state index is -0.0670. The molecule has 0 aliphatic heterocycles. The number of nitrogens with zero attached hydrogens (tertiary/aromatic N) is 1. The molecule has 1 aliphatic carbocycles. The van der Waals surface area contributed by atoms with Gasteiger partial charge in [0.25, 0.3) is 5.91 Å². The maximum absolute atomic E-state index is 13.0. The summed E-state index contributed by atoms with van der Waals surface area (Å²) in [6, 6.07) is 13.3. The molecule has 120 valence electrons. The Morgan fingerprint density at radius 1 is 0.826 bits per heavy atom. The van der Waals surface area contributed by atoms with Crippen molar-refractivity contribution >= 4 is 11.6 Å². The van der Waals surface area contributed by atoms with Gasteiger partial charge in [-0.15, -0.1) is 0 Å². The monoisotopic (exact) mass is 311 g/mol. The van der Waals surface area contributed by atoms with E-state index in [9.17, 15) is 15.0 Å². The van der Waals surface area contributed by atoms with E-state index >= 15 is 0 Å². The van der Waals surface area contributed by atoms with E-state index in [1.807, 2.05) is 4.90 Å². The lowest BCUT2D eigenvalue weighted by atomic mass is 9.93. The fourth-order valence-corrected chi connectivity index (χ4v) is 3.19. The van der Waals surface area contributed by atoms with E-state index in [0.717, 1.165) is 31.4 Å². The van der Waals surface area contributed by atoms with E-state index in [4.69, 9.17) is 0 Å². The SMILES string of the molecule is O=C(c1ccc(O)cc1)N(c1ccc(O)cc1)C1CCCCC1. The Hall–Kier alpha value is -2.49. The highest BCUT2D eigenvalue weighted by atomic mass is 16.3. The third-order valence-electron chi connectivity index (χ3n) is 4.40. The number of phenols is 2. The zero-order valence-corrected chi connectivity index (χ0v) is 13.0. The molecular weight excluding hydrogens is 290 g/mol. The largest absolute Gasteiger partial charge is 0.508 e. The Morgan fingerprint density at radius 2 is 1.35 bits per heavy atom. The van der Waals surface area contributed by atoms with Gasteiger partial charge in [-0.05, 0) is 61.4 Å². The van der Waals surface area contributed by atoms with E-state index in [1.54, 1.807) is 36.4 Å². The van der Waals surface area contributed by atoms with Crippen LogP contribution in [-0.2, 0) is 0 Å². The molecule has 2 N–H and O–H groups in total. The number of anilines is 1. The first-order valence-electron chi connectivity index (χ1n) is 8.07. The summed E-state index contributed by atoms with van der Waals surface area (Å²) < 4.78 is 0.